The molecule has 0 radical (unpaired) electrons. The van der Waals surface area contributed by atoms with Crippen LogP contribution in [0.3, 0.4) is 0 Å². The number of nitrogens with one attached hydrogen (secondary N) is 1. The van der Waals surface area contributed by atoms with Crippen LogP contribution in [-0.2, 0) is 29.0 Å². The lowest BCUT2D eigenvalue weighted by molar-refractivity contribution is -0.136. The summed E-state index contributed by atoms with van der Waals surface area (Å²) in [7, 11) is 0. The molecule has 0 saturated heterocycles. The number of imidazole rings is 1. The number of nitrogens with zero attached hydrogens (tertiary/aromatic N) is 3. The summed E-state index contributed by atoms with van der Waals surface area (Å²) in [6.45, 7) is 11.2. The average molecular weight is 463 g/mol. The quantitative estimate of drug-likeness (QED) is 0.450. The molecule has 0 spiro atoms. The number of carbonyl (C=O) groups is 2. The van der Waals surface area contributed by atoms with Crippen molar-refractivity contribution in [1.29, 1.82) is 0 Å². The first-order chi connectivity index (χ1) is 16.3. The van der Waals surface area contributed by atoms with E-state index in [0.717, 1.165) is 40.8 Å². The number of aromatic nitrogens is 2. The third-order valence-corrected chi connectivity index (χ3v) is 6.73. The Balaban J connectivity index is 1.74. The minimum absolute atomic E-state index is 0.00671. The monoisotopic (exact) mass is 462 g/mol. The second kappa shape index (κ2) is 11.8. The van der Waals surface area contributed by atoms with Crippen molar-refractivity contribution in [2.24, 2.45) is 0 Å². The Bertz CT molecular complexity index is 1110. The molecule has 0 fully saturated rings. The van der Waals surface area contributed by atoms with Gasteiger partial charge in [0.15, 0.2) is 0 Å². The molecular formula is C28H38N4O2. The average Bonchev–Trinajstić information content (AvgIpc) is 3.17. The highest BCUT2D eigenvalue weighted by Crippen LogP contribution is 2.19. The number of carbonyl (C=O) groups excluding carboxylic acids is 2. The Morgan fingerprint density at radius 2 is 1.65 bits per heavy atom. The maximum absolute atomic E-state index is 13.4. The minimum Gasteiger partial charge on any atom is -0.355 e. The van der Waals surface area contributed by atoms with Crippen LogP contribution in [0.2, 0.25) is 0 Å². The minimum atomic E-state index is -0.00671. The SMILES string of the molecule is CCC(C)N(C(=O)Cn1c(CCNC(=O)Cc2ccccc2C)nc2ccccc21)C(C)CC. The van der Waals surface area contributed by atoms with Crippen LogP contribution in [0, 0.1) is 6.92 Å². The largest absolute Gasteiger partial charge is 0.355 e. The zero-order valence-corrected chi connectivity index (χ0v) is 21.2. The van der Waals surface area contributed by atoms with Crippen LogP contribution in [0.4, 0.5) is 0 Å². The van der Waals surface area contributed by atoms with E-state index in [1.807, 2.05) is 64.9 Å². The summed E-state index contributed by atoms with van der Waals surface area (Å²) in [4.78, 5) is 32.7. The summed E-state index contributed by atoms with van der Waals surface area (Å²) in [5.74, 6) is 0.920. The molecule has 2 unspecified atom stereocenters. The number of para-hydroxylation sites is 2. The zero-order valence-electron chi connectivity index (χ0n) is 21.2. The van der Waals surface area contributed by atoms with E-state index >= 15 is 0 Å². The van der Waals surface area contributed by atoms with Gasteiger partial charge in [-0.15, -0.1) is 0 Å². The Morgan fingerprint density at radius 3 is 2.32 bits per heavy atom. The van der Waals surface area contributed by atoms with Gasteiger partial charge in [-0.05, 0) is 56.9 Å². The molecule has 0 aliphatic rings. The van der Waals surface area contributed by atoms with E-state index in [-0.39, 0.29) is 30.4 Å². The normalized spacial score (nSPS) is 13.0. The zero-order chi connectivity index (χ0) is 24.7. The van der Waals surface area contributed by atoms with E-state index in [4.69, 9.17) is 4.98 Å². The summed E-state index contributed by atoms with van der Waals surface area (Å²) in [6.07, 6.45) is 2.76. The highest BCUT2D eigenvalue weighted by molar-refractivity contribution is 5.82. The summed E-state index contributed by atoms with van der Waals surface area (Å²) in [5.41, 5.74) is 3.97. The van der Waals surface area contributed by atoms with Gasteiger partial charge in [0.1, 0.15) is 12.4 Å². The van der Waals surface area contributed by atoms with Crippen molar-refractivity contribution in [3.63, 3.8) is 0 Å². The number of rotatable bonds is 11. The Labute approximate surface area is 203 Å². The van der Waals surface area contributed by atoms with Crippen LogP contribution >= 0.6 is 0 Å². The molecule has 0 bridgehead atoms. The van der Waals surface area contributed by atoms with E-state index in [1.165, 1.54) is 0 Å². The number of fused-ring (bicyclic) bond motifs is 1. The number of benzene rings is 2. The van der Waals surface area contributed by atoms with Crippen LogP contribution in [0.5, 0.6) is 0 Å². The molecule has 1 aromatic heterocycles. The first-order valence-electron chi connectivity index (χ1n) is 12.4. The lowest BCUT2D eigenvalue weighted by Crippen LogP contribution is -2.46. The van der Waals surface area contributed by atoms with Crippen molar-refractivity contribution in [2.45, 2.75) is 78.9 Å². The molecule has 0 aliphatic carbocycles. The number of aryl methyl sites for hydroxylation is 1. The van der Waals surface area contributed by atoms with E-state index in [0.29, 0.717) is 19.4 Å². The fraction of sp³-hybridized carbons (Fsp3) is 0.464. The highest BCUT2D eigenvalue weighted by Gasteiger charge is 2.25. The number of amides is 2. The van der Waals surface area contributed by atoms with Gasteiger partial charge in [-0.2, -0.15) is 0 Å². The molecular weight excluding hydrogens is 424 g/mol. The molecule has 1 N–H and O–H groups in total. The van der Waals surface area contributed by atoms with Crippen LogP contribution in [0.25, 0.3) is 11.0 Å². The molecule has 2 aromatic carbocycles. The standard InChI is InChI=1S/C28H38N4O2/c1-6-21(4)32(22(5)7-2)28(34)19-31-25-15-11-10-14-24(25)30-26(31)16-17-29-27(33)18-23-13-9-8-12-20(23)3/h8-15,21-22H,6-7,16-19H2,1-5H3,(H,29,33). The van der Waals surface area contributed by atoms with E-state index in [9.17, 15) is 9.59 Å². The molecule has 34 heavy (non-hydrogen) atoms. The maximum atomic E-state index is 13.4. The van der Waals surface area contributed by atoms with Crippen molar-refractivity contribution < 1.29 is 9.59 Å². The van der Waals surface area contributed by atoms with Gasteiger partial charge < -0.3 is 14.8 Å². The third-order valence-electron chi connectivity index (χ3n) is 6.73. The van der Waals surface area contributed by atoms with Crippen molar-refractivity contribution in [3.05, 3.63) is 65.5 Å². The summed E-state index contributed by atoms with van der Waals surface area (Å²) < 4.78 is 2.02. The van der Waals surface area contributed by atoms with Gasteiger partial charge in [-0.3, -0.25) is 9.59 Å². The van der Waals surface area contributed by atoms with Crippen LogP contribution in [0.1, 0.15) is 57.5 Å². The highest BCUT2D eigenvalue weighted by atomic mass is 16.2. The van der Waals surface area contributed by atoms with Gasteiger partial charge in [-0.1, -0.05) is 50.2 Å². The van der Waals surface area contributed by atoms with Crippen molar-refractivity contribution in [3.8, 4) is 0 Å². The molecule has 1 heterocycles. The van der Waals surface area contributed by atoms with Crippen molar-refractivity contribution >= 4 is 22.8 Å². The van der Waals surface area contributed by atoms with Gasteiger partial charge in [0, 0.05) is 25.0 Å². The van der Waals surface area contributed by atoms with Gasteiger partial charge in [-0.25, -0.2) is 4.98 Å². The predicted octanol–water partition coefficient (Wildman–Crippen LogP) is 4.67. The maximum Gasteiger partial charge on any atom is 0.243 e. The fourth-order valence-electron chi connectivity index (χ4n) is 4.39. The van der Waals surface area contributed by atoms with Crippen molar-refractivity contribution in [1.82, 2.24) is 19.8 Å². The molecule has 0 saturated carbocycles. The van der Waals surface area contributed by atoms with Gasteiger partial charge in [0.25, 0.3) is 0 Å². The van der Waals surface area contributed by atoms with E-state index in [1.54, 1.807) is 0 Å². The summed E-state index contributed by atoms with van der Waals surface area (Å²) >= 11 is 0. The van der Waals surface area contributed by atoms with Crippen molar-refractivity contribution in [2.75, 3.05) is 6.54 Å². The number of hydrogen-bond acceptors (Lipinski definition) is 3. The van der Waals surface area contributed by atoms with E-state index in [2.05, 4.69) is 33.0 Å². The Morgan fingerprint density at radius 1 is 1.00 bits per heavy atom. The molecule has 6 nitrogen and oxygen atoms in total. The molecule has 3 aromatic rings. The summed E-state index contributed by atoms with van der Waals surface area (Å²) in [5, 5.41) is 3.02. The second-order valence-electron chi connectivity index (χ2n) is 9.12. The Kier molecular flexibility index (Phi) is 8.85. The third kappa shape index (κ3) is 6.04. The second-order valence-corrected chi connectivity index (χ2v) is 9.12. The van der Waals surface area contributed by atoms with E-state index < -0.39 is 0 Å². The molecule has 0 aliphatic heterocycles. The molecule has 2 atom stereocenters. The molecule has 6 heteroatoms. The van der Waals surface area contributed by atoms with Gasteiger partial charge in [0.05, 0.1) is 17.5 Å². The predicted molar refractivity (Wildman–Crippen MR) is 138 cm³/mol. The lowest BCUT2D eigenvalue weighted by Gasteiger charge is -2.34. The Hall–Kier alpha value is -3.15. The first kappa shape index (κ1) is 25.5. The van der Waals surface area contributed by atoms with Crippen LogP contribution in [0.15, 0.2) is 48.5 Å². The first-order valence-corrected chi connectivity index (χ1v) is 12.4. The summed E-state index contributed by atoms with van der Waals surface area (Å²) in [6, 6.07) is 16.2. The lowest BCUT2D eigenvalue weighted by atomic mass is 10.1. The fourth-order valence-corrected chi connectivity index (χ4v) is 4.39. The topological polar surface area (TPSA) is 67.2 Å². The van der Waals surface area contributed by atoms with Gasteiger partial charge >= 0.3 is 0 Å². The van der Waals surface area contributed by atoms with Crippen LogP contribution < -0.4 is 5.32 Å². The van der Waals surface area contributed by atoms with Crippen LogP contribution in [-0.4, -0.2) is 44.9 Å². The molecule has 2 amide bonds. The smallest absolute Gasteiger partial charge is 0.243 e. The molecule has 3 rings (SSSR count). The van der Waals surface area contributed by atoms with Gasteiger partial charge in [0.2, 0.25) is 11.8 Å². The number of hydrogen-bond donors (Lipinski definition) is 1. The molecule has 182 valence electrons.